The summed E-state index contributed by atoms with van der Waals surface area (Å²) in [5.41, 5.74) is 11.5. The molecule has 3 aliphatic rings. The summed E-state index contributed by atoms with van der Waals surface area (Å²) in [4.78, 5) is 13.7. The number of hydrogen-bond donors (Lipinski definition) is 1. The van der Waals surface area contributed by atoms with Gasteiger partial charge in [-0.25, -0.2) is 4.79 Å². The zero-order valence-corrected chi connectivity index (χ0v) is 12.5. The first-order chi connectivity index (χ1) is 11.2. The Bertz CT molecular complexity index is 846. The molecular weight excluding hydrogens is 292 g/mol. The molecule has 23 heavy (non-hydrogen) atoms. The van der Waals surface area contributed by atoms with E-state index in [0.717, 1.165) is 29.9 Å². The molecule has 2 N–H and O–H groups in total. The molecule has 0 spiro atoms. The van der Waals surface area contributed by atoms with Crippen molar-refractivity contribution in [2.24, 2.45) is 5.73 Å². The van der Waals surface area contributed by atoms with Gasteiger partial charge < -0.3 is 20.1 Å². The Balaban J connectivity index is 1.84. The number of urea groups is 1. The molecule has 1 aliphatic carbocycles. The molecule has 0 saturated carbocycles. The molecule has 1 atom stereocenters. The summed E-state index contributed by atoms with van der Waals surface area (Å²) < 4.78 is 11.4. The molecule has 0 fully saturated rings. The van der Waals surface area contributed by atoms with Crippen molar-refractivity contribution in [2.75, 3.05) is 13.3 Å². The lowest BCUT2D eigenvalue weighted by Gasteiger charge is -2.41. The van der Waals surface area contributed by atoms with Crippen LogP contribution in [0.25, 0.3) is 11.1 Å². The van der Waals surface area contributed by atoms with Crippen molar-refractivity contribution in [3.8, 4) is 22.6 Å². The molecule has 2 aromatic carbocycles. The molecule has 0 unspecified atom stereocenters. The molecule has 5 rings (SSSR count). The van der Waals surface area contributed by atoms with E-state index < -0.39 is 0 Å². The van der Waals surface area contributed by atoms with E-state index >= 15 is 0 Å². The number of amides is 2. The number of nitrogens with two attached hydrogens (primary N) is 1. The first-order valence-corrected chi connectivity index (χ1v) is 7.84. The quantitative estimate of drug-likeness (QED) is 0.813. The van der Waals surface area contributed by atoms with Crippen LogP contribution in [-0.4, -0.2) is 24.3 Å². The maximum atomic E-state index is 11.9. The van der Waals surface area contributed by atoms with Gasteiger partial charge in [-0.1, -0.05) is 24.3 Å². The number of ether oxygens (including phenoxy) is 2. The van der Waals surface area contributed by atoms with Crippen LogP contribution in [0, 0.1) is 0 Å². The van der Waals surface area contributed by atoms with Crippen LogP contribution in [0.3, 0.4) is 0 Å². The molecule has 2 heterocycles. The summed E-state index contributed by atoms with van der Waals surface area (Å²) in [5, 5.41) is 0. The van der Waals surface area contributed by atoms with E-state index in [2.05, 4.69) is 18.2 Å². The Kier molecular flexibility index (Phi) is 2.46. The Hall–Kier alpha value is -2.69. The third-order valence-electron chi connectivity index (χ3n) is 5.10. The number of carbonyl (C=O) groups excluding carboxylic acids is 1. The lowest BCUT2D eigenvalue weighted by molar-refractivity contribution is 0.173. The summed E-state index contributed by atoms with van der Waals surface area (Å²) in [6, 6.07) is 9.99. The largest absolute Gasteiger partial charge is 0.454 e. The van der Waals surface area contributed by atoms with E-state index in [4.69, 9.17) is 15.2 Å². The fraction of sp³-hybridized carbons (Fsp3) is 0.278. The van der Waals surface area contributed by atoms with E-state index in [0.29, 0.717) is 6.54 Å². The van der Waals surface area contributed by atoms with E-state index in [-0.39, 0.29) is 18.9 Å². The maximum absolute atomic E-state index is 11.9. The topological polar surface area (TPSA) is 64.8 Å². The normalized spacial score (nSPS) is 20.0. The van der Waals surface area contributed by atoms with Crippen molar-refractivity contribution in [1.82, 2.24) is 4.90 Å². The fourth-order valence-electron chi connectivity index (χ4n) is 4.14. The third-order valence-corrected chi connectivity index (χ3v) is 5.10. The zero-order valence-electron chi connectivity index (χ0n) is 12.5. The highest BCUT2D eigenvalue weighted by molar-refractivity contribution is 5.85. The van der Waals surface area contributed by atoms with Gasteiger partial charge in [0, 0.05) is 12.1 Å². The predicted octanol–water partition coefficient (Wildman–Crippen LogP) is 2.62. The number of hydrogen-bond acceptors (Lipinski definition) is 3. The summed E-state index contributed by atoms with van der Waals surface area (Å²) in [7, 11) is 0. The van der Waals surface area contributed by atoms with Crippen molar-refractivity contribution in [3.05, 3.63) is 47.0 Å². The predicted molar refractivity (Wildman–Crippen MR) is 84.4 cm³/mol. The number of benzene rings is 2. The Morgan fingerprint density at radius 3 is 2.96 bits per heavy atom. The van der Waals surface area contributed by atoms with E-state index in [1.807, 2.05) is 12.1 Å². The summed E-state index contributed by atoms with van der Waals surface area (Å²) in [6.07, 6.45) is 1.58. The van der Waals surface area contributed by atoms with Gasteiger partial charge in [-0.2, -0.15) is 0 Å². The van der Waals surface area contributed by atoms with Crippen LogP contribution in [0.5, 0.6) is 11.5 Å². The number of rotatable bonds is 0. The average Bonchev–Trinajstić information content (AvgIpc) is 3.02. The average molecular weight is 308 g/mol. The number of carbonyl (C=O) groups is 1. The minimum absolute atomic E-state index is 0.0179. The molecule has 2 aliphatic heterocycles. The number of nitrogens with zero attached hydrogens (tertiary/aromatic N) is 1. The van der Waals surface area contributed by atoms with Crippen molar-refractivity contribution in [2.45, 2.75) is 18.9 Å². The van der Waals surface area contributed by atoms with Gasteiger partial charge in [0.05, 0.1) is 6.04 Å². The van der Waals surface area contributed by atoms with Crippen LogP contribution in [0.2, 0.25) is 0 Å². The van der Waals surface area contributed by atoms with Crippen LogP contribution >= 0.6 is 0 Å². The zero-order chi connectivity index (χ0) is 15.6. The summed E-state index contributed by atoms with van der Waals surface area (Å²) >= 11 is 0. The number of primary amides is 1. The van der Waals surface area contributed by atoms with Gasteiger partial charge in [0.1, 0.15) is 0 Å². The highest BCUT2D eigenvalue weighted by atomic mass is 16.7. The molecule has 5 nitrogen and oxygen atoms in total. The lowest BCUT2D eigenvalue weighted by atomic mass is 9.76. The molecular formula is C18H16N2O3. The molecule has 2 amide bonds. The molecule has 5 heteroatoms. The molecule has 0 radical (unpaired) electrons. The minimum atomic E-state index is -0.358. The monoisotopic (exact) mass is 308 g/mol. The van der Waals surface area contributed by atoms with Gasteiger partial charge in [-0.05, 0) is 41.2 Å². The molecule has 0 bridgehead atoms. The van der Waals surface area contributed by atoms with Crippen LogP contribution in [0.15, 0.2) is 30.3 Å². The van der Waals surface area contributed by atoms with Crippen LogP contribution < -0.4 is 15.2 Å². The third kappa shape index (κ3) is 1.64. The molecule has 0 saturated heterocycles. The van der Waals surface area contributed by atoms with E-state index in [1.165, 1.54) is 22.3 Å². The van der Waals surface area contributed by atoms with Crippen LogP contribution in [0.1, 0.15) is 22.7 Å². The van der Waals surface area contributed by atoms with Gasteiger partial charge >= 0.3 is 6.03 Å². The molecule has 0 aromatic heterocycles. The van der Waals surface area contributed by atoms with Gasteiger partial charge in [0.2, 0.25) is 6.79 Å². The first-order valence-electron chi connectivity index (χ1n) is 7.84. The second-order valence-electron chi connectivity index (χ2n) is 6.22. The van der Waals surface area contributed by atoms with Crippen LogP contribution in [-0.2, 0) is 12.8 Å². The summed E-state index contributed by atoms with van der Waals surface area (Å²) in [6.45, 7) is 0.895. The first kappa shape index (κ1) is 12.8. The van der Waals surface area contributed by atoms with Gasteiger partial charge in [0.15, 0.2) is 11.5 Å². The minimum Gasteiger partial charge on any atom is -0.454 e. The maximum Gasteiger partial charge on any atom is 0.315 e. The van der Waals surface area contributed by atoms with E-state index in [9.17, 15) is 4.79 Å². The van der Waals surface area contributed by atoms with E-state index in [1.54, 1.807) is 4.90 Å². The van der Waals surface area contributed by atoms with Gasteiger partial charge in [0.25, 0.3) is 0 Å². The standard InChI is InChI=1S/C18H16N2O3/c19-18(21)20-6-5-11-8-14-17(23-9-22-14)16-12-4-2-1-3-10(12)7-13(20)15(11)16/h1-4,8,13H,5-7,9H2,(H2,19,21)/t13-/m1/s1. The van der Waals surface area contributed by atoms with Crippen molar-refractivity contribution in [1.29, 1.82) is 0 Å². The second-order valence-corrected chi connectivity index (χ2v) is 6.22. The SMILES string of the molecule is NC(=O)N1CCc2cc3c(c4c2[C@H]1Cc1ccccc1-4)OCO3. The Morgan fingerprint density at radius 1 is 1.22 bits per heavy atom. The van der Waals surface area contributed by atoms with Gasteiger partial charge in [-0.15, -0.1) is 0 Å². The number of fused-ring (bicyclic) bond motifs is 4. The molecule has 116 valence electrons. The van der Waals surface area contributed by atoms with Gasteiger partial charge in [-0.3, -0.25) is 0 Å². The Labute approximate surface area is 133 Å². The fourth-order valence-corrected chi connectivity index (χ4v) is 4.14. The summed E-state index contributed by atoms with van der Waals surface area (Å²) in [5.74, 6) is 1.61. The van der Waals surface area contributed by atoms with Crippen LogP contribution in [0.4, 0.5) is 4.79 Å². The second kappa shape index (κ2) is 4.41. The highest BCUT2D eigenvalue weighted by Crippen LogP contribution is 2.53. The highest BCUT2D eigenvalue weighted by Gasteiger charge is 2.39. The van der Waals surface area contributed by atoms with Crippen molar-refractivity contribution < 1.29 is 14.3 Å². The lowest BCUT2D eigenvalue weighted by Crippen LogP contribution is -2.45. The molecule has 2 aromatic rings. The smallest absolute Gasteiger partial charge is 0.315 e. The Morgan fingerprint density at radius 2 is 2.09 bits per heavy atom. The van der Waals surface area contributed by atoms with Crippen molar-refractivity contribution in [3.63, 3.8) is 0 Å². The van der Waals surface area contributed by atoms with Crippen molar-refractivity contribution >= 4 is 6.03 Å².